The number of rotatable bonds is 4. The number of aryl methyl sites for hydroxylation is 2. The Morgan fingerprint density at radius 1 is 1.36 bits per heavy atom. The van der Waals surface area contributed by atoms with Gasteiger partial charge in [-0.2, -0.15) is 5.10 Å². The van der Waals surface area contributed by atoms with E-state index >= 15 is 0 Å². The van der Waals surface area contributed by atoms with Gasteiger partial charge >= 0.3 is 0 Å². The summed E-state index contributed by atoms with van der Waals surface area (Å²) in [5.74, 6) is 0.767. The molecular formula is C17H24N6O2. The van der Waals surface area contributed by atoms with E-state index in [0.29, 0.717) is 31.9 Å². The molecule has 2 aromatic rings. The monoisotopic (exact) mass is 344 g/mol. The van der Waals surface area contributed by atoms with E-state index in [0.717, 1.165) is 22.6 Å². The van der Waals surface area contributed by atoms with Crippen molar-refractivity contribution in [2.24, 2.45) is 7.05 Å². The Hall–Kier alpha value is -2.48. The largest absolute Gasteiger partial charge is 0.372 e. The van der Waals surface area contributed by atoms with Gasteiger partial charge in [0.15, 0.2) is 0 Å². The zero-order valence-corrected chi connectivity index (χ0v) is 15.1. The van der Waals surface area contributed by atoms with Crippen molar-refractivity contribution in [2.75, 3.05) is 32.1 Å². The fourth-order valence-electron chi connectivity index (χ4n) is 3.15. The lowest BCUT2D eigenvalue weighted by molar-refractivity contribution is -0.138. The van der Waals surface area contributed by atoms with Gasteiger partial charge in [-0.25, -0.2) is 4.98 Å². The molecule has 1 amide bonds. The molecule has 0 bridgehead atoms. The average molecular weight is 344 g/mol. The Morgan fingerprint density at radius 3 is 2.80 bits per heavy atom. The van der Waals surface area contributed by atoms with Crippen LogP contribution in [0.25, 0.3) is 0 Å². The Labute approximate surface area is 147 Å². The maximum atomic E-state index is 12.8. The molecule has 25 heavy (non-hydrogen) atoms. The number of hydrogen-bond acceptors (Lipinski definition) is 6. The SMILES string of the molecule is CNc1nccnc1[C@@H]1CN(C(=O)Cc2c(C)nn(C)c2C)CCO1. The van der Waals surface area contributed by atoms with E-state index in [9.17, 15) is 4.79 Å². The number of aromatic nitrogens is 4. The van der Waals surface area contributed by atoms with E-state index in [-0.39, 0.29) is 12.0 Å². The summed E-state index contributed by atoms with van der Waals surface area (Å²) in [7, 11) is 3.70. The van der Waals surface area contributed by atoms with E-state index in [1.54, 1.807) is 19.4 Å². The van der Waals surface area contributed by atoms with Gasteiger partial charge in [-0.1, -0.05) is 0 Å². The van der Waals surface area contributed by atoms with Crippen molar-refractivity contribution >= 4 is 11.7 Å². The molecule has 0 unspecified atom stereocenters. The van der Waals surface area contributed by atoms with Crippen molar-refractivity contribution in [1.29, 1.82) is 0 Å². The molecule has 1 fully saturated rings. The highest BCUT2D eigenvalue weighted by molar-refractivity contribution is 5.79. The molecular weight excluding hydrogens is 320 g/mol. The van der Waals surface area contributed by atoms with Crippen LogP contribution >= 0.6 is 0 Å². The molecule has 0 spiro atoms. The van der Waals surface area contributed by atoms with Crippen molar-refractivity contribution in [1.82, 2.24) is 24.6 Å². The van der Waals surface area contributed by atoms with Crippen LogP contribution in [0.4, 0.5) is 5.82 Å². The molecule has 0 aliphatic carbocycles. The van der Waals surface area contributed by atoms with Gasteiger partial charge in [0.2, 0.25) is 5.91 Å². The van der Waals surface area contributed by atoms with Crippen LogP contribution in [0.5, 0.6) is 0 Å². The average Bonchev–Trinajstić information content (AvgIpc) is 2.88. The molecule has 1 saturated heterocycles. The summed E-state index contributed by atoms with van der Waals surface area (Å²) in [4.78, 5) is 23.3. The Kier molecular flexibility index (Phi) is 4.98. The van der Waals surface area contributed by atoms with Crippen LogP contribution in [0.2, 0.25) is 0 Å². The van der Waals surface area contributed by atoms with Crippen LogP contribution in [-0.2, 0) is 23.0 Å². The molecule has 0 radical (unpaired) electrons. The van der Waals surface area contributed by atoms with E-state index in [2.05, 4.69) is 20.4 Å². The van der Waals surface area contributed by atoms with E-state index in [1.807, 2.05) is 30.5 Å². The number of ether oxygens (including phenoxy) is 1. The van der Waals surface area contributed by atoms with Gasteiger partial charge < -0.3 is 15.0 Å². The molecule has 3 heterocycles. The van der Waals surface area contributed by atoms with Gasteiger partial charge in [0.05, 0.1) is 25.3 Å². The molecule has 1 aliphatic heterocycles. The maximum absolute atomic E-state index is 12.8. The van der Waals surface area contributed by atoms with Crippen molar-refractivity contribution in [3.8, 4) is 0 Å². The summed E-state index contributed by atoms with van der Waals surface area (Å²) in [6.45, 7) is 5.48. The summed E-state index contributed by atoms with van der Waals surface area (Å²) in [6.07, 6.45) is 3.36. The molecule has 2 aromatic heterocycles. The lowest BCUT2D eigenvalue weighted by Crippen LogP contribution is -2.43. The summed E-state index contributed by atoms with van der Waals surface area (Å²) in [5.41, 5.74) is 3.67. The summed E-state index contributed by atoms with van der Waals surface area (Å²) >= 11 is 0. The highest BCUT2D eigenvalue weighted by Crippen LogP contribution is 2.25. The predicted molar refractivity (Wildman–Crippen MR) is 93.2 cm³/mol. The molecule has 1 aliphatic rings. The van der Waals surface area contributed by atoms with E-state index in [4.69, 9.17) is 4.74 Å². The number of amides is 1. The van der Waals surface area contributed by atoms with Crippen LogP contribution < -0.4 is 5.32 Å². The Bertz CT molecular complexity index is 772. The van der Waals surface area contributed by atoms with Crippen molar-refractivity contribution in [3.63, 3.8) is 0 Å². The number of hydrogen-bond donors (Lipinski definition) is 1. The molecule has 1 N–H and O–H groups in total. The topological polar surface area (TPSA) is 85.2 Å². The highest BCUT2D eigenvalue weighted by atomic mass is 16.5. The second-order valence-corrected chi connectivity index (χ2v) is 6.19. The van der Waals surface area contributed by atoms with Crippen molar-refractivity contribution in [2.45, 2.75) is 26.4 Å². The van der Waals surface area contributed by atoms with Gasteiger partial charge in [-0.3, -0.25) is 14.5 Å². The summed E-state index contributed by atoms with van der Waals surface area (Å²) in [6, 6.07) is 0. The van der Waals surface area contributed by atoms with Gasteiger partial charge in [-0.15, -0.1) is 0 Å². The molecule has 0 aromatic carbocycles. The summed E-state index contributed by atoms with van der Waals surface area (Å²) < 4.78 is 7.65. The minimum Gasteiger partial charge on any atom is -0.372 e. The number of carbonyl (C=O) groups is 1. The lowest BCUT2D eigenvalue weighted by atomic mass is 10.1. The zero-order chi connectivity index (χ0) is 18.0. The number of carbonyl (C=O) groups excluding carboxylic acids is 1. The van der Waals surface area contributed by atoms with Crippen molar-refractivity contribution in [3.05, 3.63) is 35.0 Å². The minimum atomic E-state index is -0.273. The standard InChI is InChI=1S/C17H24N6O2/c1-11-13(12(2)22(4)21-11)9-15(24)23-7-8-25-14(10-23)16-17(18-3)20-6-5-19-16/h5-6,14H,7-10H2,1-4H3,(H,18,20)/t14-/m0/s1. The normalized spacial score (nSPS) is 17.6. The zero-order valence-electron chi connectivity index (χ0n) is 15.1. The third-order valence-electron chi connectivity index (χ3n) is 4.67. The maximum Gasteiger partial charge on any atom is 0.227 e. The minimum absolute atomic E-state index is 0.0856. The summed E-state index contributed by atoms with van der Waals surface area (Å²) in [5, 5.41) is 7.42. The van der Waals surface area contributed by atoms with E-state index < -0.39 is 0 Å². The number of anilines is 1. The van der Waals surface area contributed by atoms with Crippen LogP contribution in [0.15, 0.2) is 12.4 Å². The molecule has 134 valence electrons. The number of nitrogens with zero attached hydrogens (tertiary/aromatic N) is 5. The van der Waals surface area contributed by atoms with Crippen LogP contribution in [-0.4, -0.2) is 57.3 Å². The molecule has 1 atom stereocenters. The van der Waals surface area contributed by atoms with Gasteiger partial charge in [0, 0.05) is 44.3 Å². The Morgan fingerprint density at radius 2 is 2.12 bits per heavy atom. The third kappa shape index (κ3) is 3.48. The molecule has 8 heteroatoms. The lowest BCUT2D eigenvalue weighted by Gasteiger charge is -2.33. The fraction of sp³-hybridized carbons (Fsp3) is 0.529. The van der Waals surface area contributed by atoms with Crippen LogP contribution in [0, 0.1) is 13.8 Å². The smallest absolute Gasteiger partial charge is 0.227 e. The van der Waals surface area contributed by atoms with Crippen molar-refractivity contribution < 1.29 is 9.53 Å². The molecule has 0 saturated carbocycles. The van der Waals surface area contributed by atoms with E-state index in [1.165, 1.54) is 0 Å². The Balaban J connectivity index is 1.73. The highest BCUT2D eigenvalue weighted by Gasteiger charge is 2.29. The first kappa shape index (κ1) is 17.3. The van der Waals surface area contributed by atoms with Crippen LogP contribution in [0.3, 0.4) is 0 Å². The first-order valence-corrected chi connectivity index (χ1v) is 8.38. The van der Waals surface area contributed by atoms with Gasteiger partial charge in [0.25, 0.3) is 0 Å². The number of nitrogens with one attached hydrogen (secondary N) is 1. The number of morpholine rings is 1. The quantitative estimate of drug-likeness (QED) is 0.891. The van der Waals surface area contributed by atoms with Gasteiger partial charge in [-0.05, 0) is 13.8 Å². The molecule has 3 rings (SSSR count). The fourth-order valence-corrected chi connectivity index (χ4v) is 3.15. The predicted octanol–water partition coefficient (Wildman–Crippen LogP) is 1.01. The first-order valence-electron chi connectivity index (χ1n) is 8.38. The molecule has 8 nitrogen and oxygen atoms in total. The third-order valence-corrected chi connectivity index (χ3v) is 4.67. The first-order chi connectivity index (χ1) is 12.0. The van der Waals surface area contributed by atoms with Crippen LogP contribution in [0.1, 0.15) is 28.7 Å². The second kappa shape index (κ2) is 7.18. The second-order valence-electron chi connectivity index (χ2n) is 6.19. The van der Waals surface area contributed by atoms with Gasteiger partial charge in [0.1, 0.15) is 17.6 Å².